The molecule has 0 unspecified atom stereocenters. The molecule has 0 saturated carbocycles. The van der Waals surface area contributed by atoms with Crippen LogP contribution in [0, 0.1) is 0 Å². The van der Waals surface area contributed by atoms with E-state index in [1.165, 1.54) is 11.6 Å². The molecule has 2 aromatic rings. The summed E-state index contributed by atoms with van der Waals surface area (Å²) in [7, 11) is 0. The zero-order chi connectivity index (χ0) is 19.1. The number of carbonyl (C=O) groups is 1. The maximum Gasteiger partial charge on any atom is 0.330 e. The van der Waals surface area contributed by atoms with E-state index >= 15 is 0 Å². The monoisotopic (exact) mass is 386 g/mol. The van der Waals surface area contributed by atoms with Gasteiger partial charge >= 0.3 is 5.97 Å². The predicted molar refractivity (Wildman–Crippen MR) is 106 cm³/mol. The van der Waals surface area contributed by atoms with Crippen LogP contribution in [0.3, 0.4) is 0 Å². The van der Waals surface area contributed by atoms with Crippen LogP contribution in [0.4, 0.5) is 5.82 Å². The first-order valence-corrected chi connectivity index (χ1v) is 9.40. The van der Waals surface area contributed by atoms with Crippen molar-refractivity contribution in [2.24, 2.45) is 0 Å². The minimum absolute atomic E-state index is 0.333. The lowest BCUT2D eigenvalue weighted by molar-refractivity contribution is -0.137. The highest BCUT2D eigenvalue weighted by Crippen LogP contribution is 2.18. The van der Waals surface area contributed by atoms with Crippen molar-refractivity contribution in [3.05, 3.63) is 59.0 Å². The number of likely N-dealkylation sites (tertiary alicyclic amines) is 1. The van der Waals surface area contributed by atoms with Gasteiger partial charge in [0.15, 0.2) is 0 Å². The van der Waals surface area contributed by atoms with Crippen molar-refractivity contribution in [2.75, 3.05) is 25.0 Å². The van der Waals surface area contributed by atoms with E-state index in [9.17, 15) is 4.79 Å². The fraction of sp³-hybridized carbons (Fsp3) is 0.350. The van der Waals surface area contributed by atoms with Crippen LogP contribution in [0.25, 0.3) is 6.08 Å². The number of aromatic nitrogens is 2. The second-order valence-electron chi connectivity index (χ2n) is 6.41. The van der Waals surface area contributed by atoms with Gasteiger partial charge in [-0.1, -0.05) is 23.7 Å². The van der Waals surface area contributed by atoms with Crippen molar-refractivity contribution in [2.45, 2.75) is 25.9 Å². The number of rotatable bonds is 7. The molecule has 0 amide bonds. The van der Waals surface area contributed by atoms with E-state index in [1.807, 2.05) is 18.2 Å². The summed E-state index contributed by atoms with van der Waals surface area (Å²) in [5.41, 5.74) is 1.84. The highest BCUT2D eigenvalue weighted by molar-refractivity contribution is 6.30. The standard InChI is InChI=1S/C20H23ClN4O2/c1-2-27-20(26)7-6-17-11-23-19(12-22-17)24-18-8-9-25(14-18)13-15-4-3-5-16(21)10-15/h3-7,10-12,18H,2,8-9,13-14H2,1H3,(H,23,24)/b7-6+/t18-/m1/s1. The molecule has 3 rings (SSSR count). The van der Waals surface area contributed by atoms with Gasteiger partial charge in [-0.2, -0.15) is 0 Å². The Bertz CT molecular complexity index is 795. The second-order valence-corrected chi connectivity index (χ2v) is 6.84. The number of halogens is 1. The van der Waals surface area contributed by atoms with Gasteiger partial charge in [0.2, 0.25) is 0 Å². The summed E-state index contributed by atoms with van der Waals surface area (Å²) >= 11 is 6.06. The van der Waals surface area contributed by atoms with Gasteiger partial charge < -0.3 is 10.1 Å². The summed E-state index contributed by atoms with van der Waals surface area (Å²) in [5, 5.41) is 4.20. The number of anilines is 1. The summed E-state index contributed by atoms with van der Waals surface area (Å²) in [6.45, 7) is 4.98. The molecule has 1 atom stereocenters. The first kappa shape index (κ1) is 19.3. The summed E-state index contributed by atoms with van der Waals surface area (Å²) in [5.74, 6) is 0.352. The Morgan fingerprint density at radius 3 is 3.04 bits per heavy atom. The van der Waals surface area contributed by atoms with Crippen molar-refractivity contribution in [1.29, 1.82) is 0 Å². The van der Waals surface area contributed by atoms with Crippen LogP contribution < -0.4 is 5.32 Å². The number of carbonyl (C=O) groups excluding carboxylic acids is 1. The Balaban J connectivity index is 1.49. The van der Waals surface area contributed by atoms with Gasteiger partial charge in [0, 0.05) is 36.8 Å². The molecule has 1 saturated heterocycles. The van der Waals surface area contributed by atoms with Crippen LogP contribution >= 0.6 is 11.6 Å². The Morgan fingerprint density at radius 2 is 2.30 bits per heavy atom. The van der Waals surface area contributed by atoms with Crippen molar-refractivity contribution < 1.29 is 9.53 Å². The van der Waals surface area contributed by atoms with Crippen LogP contribution in [0.5, 0.6) is 0 Å². The third-order valence-corrected chi connectivity index (χ3v) is 4.50. The molecule has 0 radical (unpaired) electrons. The second kappa shape index (κ2) is 9.48. The number of esters is 1. The van der Waals surface area contributed by atoms with Crippen molar-refractivity contribution >= 4 is 29.5 Å². The average Bonchev–Trinajstić information content (AvgIpc) is 3.08. The summed E-state index contributed by atoms with van der Waals surface area (Å²) in [6, 6.07) is 8.32. The lowest BCUT2D eigenvalue weighted by Gasteiger charge is -2.17. The highest BCUT2D eigenvalue weighted by atomic mass is 35.5. The minimum atomic E-state index is -0.382. The molecule has 6 nitrogen and oxygen atoms in total. The quantitative estimate of drug-likeness (QED) is 0.581. The molecule has 1 aliphatic rings. The molecule has 27 heavy (non-hydrogen) atoms. The van der Waals surface area contributed by atoms with E-state index in [0.29, 0.717) is 18.3 Å². The Kier molecular flexibility index (Phi) is 6.79. The number of benzene rings is 1. The average molecular weight is 387 g/mol. The van der Waals surface area contributed by atoms with Gasteiger partial charge in [-0.15, -0.1) is 0 Å². The number of ether oxygens (including phenoxy) is 1. The zero-order valence-electron chi connectivity index (χ0n) is 15.3. The van der Waals surface area contributed by atoms with Crippen LogP contribution in [-0.2, 0) is 16.1 Å². The number of hydrogen-bond donors (Lipinski definition) is 1. The fourth-order valence-electron chi connectivity index (χ4n) is 3.04. The molecular formula is C20H23ClN4O2. The minimum Gasteiger partial charge on any atom is -0.463 e. The van der Waals surface area contributed by atoms with Crippen LogP contribution in [0.15, 0.2) is 42.7 Å². The molecule has 142 valence electrons. The summed E-state index contributed by atoms with van der Waals surface area (Å²) in [4.78, 5) is 22.4. The first-order valence-electron chi connectivity index (χ1n) is 9.02. The number of hydrogen-bond acceptors (Lipinski definition) is 6. The SMILES string of the molecule is CCOC(=O)/C=C/c1cnc(N[C@@H]2CCN(Cc3cccc(Cl)c3)C2)cn1. The molecule has 0 spiro atoms. The number of nitrogens with zero attached hydrogens (tertiary/aromatic N) is 3. The number of nitrogens with one attached hydrogen (secondary N) is 1. The van der Waals surface area contributed by atoms with Gasteiger partial charge in [0.05, 0.1) is 24.7 Å². The molecule has 2 heterocycles. The van der Waals surface area contributed by atoms with Crippen molar-refractivity contribution in [1.82, 2.24) is 14.9 Å². The molecule has 7 heteroatoms. The van der Waals surface area contributed by atoms with E-state index in [0.717, 1.165) is 36.9 Å². The van der Waals surface area contributed by atoms with Gasteiger partial charge in [-0.3, -0.25) is 9.88 Å². The van der Waals surface area contributed by atoms with Gasteiger partial charge in [-0.05, 0) is 37.1 Å². The predicted octanol–water partition coefficient (Wildman–Crippen LogP) is 3.39. The largest absolute Gasteiger partial charge is 0.463 e. The molecule has 1 fully saturated rings. The maximum absolute atomic E-state index is 11.3. The highest BCUT2D eigenvalue weighted by Gasteiger charge is 2.22. The Morgan fingerprint density at radius 1 is 1.41 bits per heavy atom. The Labute approximate surface area is 164 Å². The molecule has 1 aromatic heterocycles. The molecular weight excluding hydrogens is 364 g/mol. The molecule has 0 aliphatic carbocycles. The third kappa shape index (κ3) is 6.05. The van der Waals surface area contributed by atoms with Crippen LogP contribution in [0.2, 0.25) is 5.02 Å². The normalized spacial score (nSPS) is 17.3. The summed E-state index contributed by atoms with van der Waals surface area (Å²) < 4.78 is 4.84. The van der Waals surface area contributed by atoms with Crippen LogP contribution in [-0.4, -0.2) is 46.6 Å². The van der Waals surface area contributed by atoms with Crippen molar-refractivity contribution in [3.8, 4) is 0 Å². The van der Waals surface area contributed by atoms with E-state index in [1.54, 1.807) is 25.4 Å². The maximum atomic E-state index is 11.3. The smallest absolute Gasteiger partial charge is 0.330 e. The van der Waals surface area contributed by atoms with Gasteiger partial charge in [-0.25, -0.2) is 9.78 Å². The zero-order valence-corrected chi connectivity index (χ0v) is 16.0. The van der Waals surface area contributed by atoms with Crippen molar-refractivity contribution in [3.63, 3.8) is 0 Å². The molecule has 1 N–H and O–H groups in total. The van der Waals surface area contributed by atoms with E-state index in [4.69, 9.17) is 16.3 Å². The lowest BCUT2D eigenvalue weighted by Crippen LogP contribution is -2.26. The van der Waals surface area contributed by atoms with E-state index in [-0.39, 0.29) is 5.97 Å². The van der Waals surface area contributed by atoms with Gasteiger partial charge in [0.1, 0.15) is 5.82 Å². The molecule has 1 aromatic carbocycles. The molecule has 0 bridgehead atoms. The van der Waals surface area contributed by atoms with E-state index < -0.39 is 0 Å². The molecule has 1 aliphatic heterocycles. The van der Waals surface area contributed by atoms with Crippen LogP contribution in [0.1, 0.15) is 24.6 Å². The topological polar surface area (TPSA) is 67.3 Å². The lowest BCUT2D eigenvalue weighted by atomic mass is 10.2. The third-order valence-electron chi connectivity index (χ3n) is 4.27. The summed E-state index contributed by atoms with van der Waals surface area (Å²) in [6.07, 6.45) is 7.32. The van der Waals surface area contributed by atoms with E-state index in [2.05, 4.69) is 26.3 Å². The Hall–Kier alpha value is -2.44. The fourth-order valence-corrected chi connectivity index (χ4v) is 3.25. The first-order chi connectivity index (χ1) is 13.1. The van der Waals surface area contributed by atoms with Gasteiger partial charge in [0.25, 0.3) is 0 Å².